The number of amides is 1. The molecular formula is C23H20N6O. The summed E-state index contributed by atoms with van der Waals surface area (Å²) in [6, 6.07) is 27.1. The first-order valence-electron chi connectivity index (χ1n) is 9.60. The van der Waals surface area contributed by atoms with Gasteiger partial charge in [0.05, 0.1) is 5.69 Å². The zero-order chi connectivity index (χ0) is 20.7. The maximum Gasteiger partial charge on any atom is 0.282 e. The number of carbonyl (C=O) groups is 1. The van der Waals surface area contributed by atoms with Gasteiger partial charge in [-0.3, -0.25) is 15.0 Å². The molecule has 0 bridgehead atoms. The van der Waals surface area contributed by atoms with Gasteiger partial charge in [0.25, 0.3) is 11.6 Å². The molecule has 3 aromatic carbocycles. The minimum atomic E-state index is -1.45. The average molecular weight is 396 g/mol. The third-order valence-electron chi connectivity index (χ3n) is 5.27. The van der Waals surface area contributed by atoms with Gasteiger partial charge in [0.15, 0.2) is 5.96 Å². The van der Waals surface area contributed by atoms with Gasteiger partial charge in [0.1, 0.15) is 0 Å². The zero-order valence-electron chi connectivity index (χ0n) is 16.4. The van der Waals surface area contributed by atoms with Crippen LogP contribution in [0, 0.1) is 0 Å². The number of fused-ring (bicyclic) bond motifs is 2. The number of likely N-dealkylation sites (N-methyl/N-ethyl adjacent to an activating group) is 1. The number of aliphatic imine (C=N–C) groups is 2. The molecule has 2 aliphatic rings. The lowest BCUT2D eigenvalue weighted by molar-refractivity contribution is -0.122. The van der Waals surface area contributed by atoms with E-state index >= 15 is 0 Å². The SMILES string of the molecule is CN1C(=O)[C@]2(N=C(N)NC(N(c3ccccc3)c3ccccc3)=N2)c2ccccc21. The van der Waals surface area contributed by atoms with E-state index in [0.29, 0.717) is 11.5 Å². The Morgan fingerprint density at radius 1 is 0.867 bits per heavy atom. The van der Waals surface area contributed by atoms with E-state index in [2.05, 4.69) is 10.3 Å². The number of hydrogen-bond donors (Lipinski definition) is 2. The third-order valence-corrected chi connectivity index (χ3v) is 5.27. The zero-order valence-corrected chi connectivity index (χ0v) is 16.4. The average Bonchev–Trinajstić information content (AvgIpc) is 2.97. The highest BCUT2D eigenvalue weighted by molar-refractivity contribution is 6.16. The van der Waals surface area contributed by atoms with E-state index in [1.165, 1.54) is 0 Å². The maximum absolute atomic E-state index is 13.3. The van der Waals surface area contributed by atoms with Crippen LogP contribution >= 0.6 is 0 Å². The first-order chi connectivity index (χ1) is 14.6. The Labute approximate surface area is 174 Å². The molecule has 0 aromatic heterocycles. The van der Waals surface area contributed by atoms with Crippen LogP contribution in [0.25, 0.3) is 0 Å². The Morgan fingerprint density at radius 3 is 2.07 bits per heavy atom. The van der Waals surface area contributed by atoms with Gasteiger partial charge < -0.3 is 10.6 Å². The molecule has 3 aromatic rings. The van der Waals surface area contributed by atoms with Crippen molar-refractivity contribution in [3.8, 4) is 0 Å². The van der Waals surface area contributed by atoms with Crippen molar-refractivity contribution >= 4 is 34.9 Å². The molecule has 2 heterocycles. The third kappa shape index (κ3) is 2.63. The fraction of sp³-hybridized carbons (Fsp3) is 0.0870. The van der Waals surface area contributed by atoms with Crippen molar-refractivity contribution in [2.45, 2.75) is 5.66 Å². The van der Waals surface area contributed by atoms with Crippen LogP contribution in [0.3, 0.4) is 0 Å². The summed E-state index contributed by atoms with van der Waals surface area (Å²) < 4.78 is 0. The number of rotatable bonds is 2. The summed E-state index contributed by atoms with van der Waals surface area (Å²) in [5, 5.41) is 3.06. The van der Waals surface area contributed by atoms with Gasteiger partial charge in [-0.25, -0.2) is 9.98 Å². The van der Waals surface area contributed by atoms with Crippen LogP contribution in [-0.4, -0.2) is 24.9 Å². The van der Waals surface area contributed by atoms with E-state index in [1.807, 2.05) is 89.8 Å². The number of guanidine groups is 2. The lowest BCUT2D eigenvalue weighted by Gasteiger charge is -2.32. The van der Waals surface area contributed by atoms with Crippen molar-refractivity contribution < 1.29 is 4.79 Å². The van der Waals surface area contributed by atoms with E-state index in [9.17, 15) is 4.79 Å². The molecule has 5 rings (SSSR count). The Morgan fingerprint density at radius 2 is 1.43 bits per heavy atom. The Kier molecular flexibility index (Phi) is 4.03. The van der Waals surface area contributed by atoms with Crippen molar-refractivity contribution in [1.29, 1.82) is 0 Å². The van der Waals surface area contributed by atoms with E-state index < -0.39 is 5.66 Å². The molecule has 0 saturated heterocycles. The van der Waals surface area contributed by atoms with Crippen molar-refractivity contribution in [3.05, 3.63) is 90.5 Å². The highest BCUT2D eigenvalue weighted by Gasteiger charge is 2.52. The second-order valence-electron chi connectivity index (χ2n) is 7.12. The van der Waals surface area contributed by atoms with Gasteiger partial charge in [0, 0.05) is 24.0 Å². The van der Waals surface area contributed by atoms with Crippen LogP contribution in [0.5, 0.6) is 0 Å². The summed E-state index contributed by atoms with van der Waals surface area (Å²) in [6.07, 6.45) is 0. The van der Waals surface area contributed by atoms with Crippen LogP contribution in [0.1, 0.15) is 5.56 Å². The number of nitrogens with one attached hydrogen (secondary N) is 1. The van der Waals surface area contributed by atoms with Gasteiger partial charge >= 0.3 is 0 Å². The number of para-hydroxylation sites is 3. The molecule has 1 spiro atoms. The summed E-state index contributed by atoms with van der Waals surface area (Å²) in [5.41, 5.74) is 8.00. The first-order valence-corrected chi connectivity index (χ1v) is 9.60. The number of carbonyl (C=O) groups excluding carboxylic acids is 1. The smallest absolute Gasteiger partial charge is 0.282 e. The molecule has 0 radical (unpaired) electrons. The minimum Gasteiger partial charge on any atom is -0.370 e. The van der Waals surface area contributed by atoms with Gasteiger partial charge in [-0.1, -0.05) is 54.6 Å². The predicted octanol–water partition coefficient (Wildman–Crippen LogP) is 2.93. The van der Waals surface area contributed by atoms with Crippen molar-refractivity contribution in [2.24, 2.45) is 15.7 Å². The second kappa shape index (κ2) is 6.73. The molecule has 0 unspecified atom stereocenters. The van der Waals surface area contributed by atoms with Crippen LogP contribution in [-0.2, 0) is 10.5 Å². The molecule has 0 aliphatic carbocycles. The fourth-order valence-electron chi connectivity index (χ4n) is 3.91. The topological polar surface area (TPSA) is 86.3 Å². The first kappa shape index (κ1) is 17.9. The highest BCUT2D eigenvalue weighted by Crippen LogP contribution is 2.44. The normalized spacial score (nSPS) is 19.8. The molecule has 30 heavy (non-hydrogen) atoms. The molecule has 1 amide bonds. The second-order valence-corrected chi connectivity index (χ2v) is 7.12. The molecule has 1 atom stereocenters. The van der Waals surface area contributed by atoms with Gasteiger partial charge in [-0.15, -0.1) is 0 Å². The molecule has 2 aliphatic heterocycles. The summed E-state index contributed by atoms with van der Waals surface area (Å²) in [5.74, 6) is 0.320. The van der Waals surface area contributed by atoms with Crippen LogP contribution in [0.4, 0.5) is 17.1 Å². The number of nitrogens with two attached hydrogens (primary N) is 1. The van der Waals surface area contributed by atoms with Gasteiger partial charge in [0.2, 0.25) is 5.96 Å². The number of benzene rings is 3. The Bertz CT molecular complexity index is 1140. The summed E-state index contributed by atoms with van der Waals surface area (Å²) in [4.78, 5) is 26.2. The number of nitrogens with zero attached hydrogens (tertiary/aromatic N) is 4. The Balaban J connectivity index is 1.72. The quantitative estimate of drug-likeness (QED) is 0.697. The summed E-state index contributed by atoms with van der Waals surface area (Å²) >= 11 is 0. The van der Waals surface area contributed by atoms with Gasteiger partial charge in [-0.05, 0) is 30.3 Å². The van der Waals surface area contributed by atoms with E-state index in [0.717, 1.165) is 17.1 Å². The molecule has 0 fully saturated rings. The molecular weight excluding hydrogens is 376 g/mol. The monoisotopic (exact) mass is 396 g/mol. The van der Waals surface area contributed by atoms with E-state index in [-0.39, 0.29) is 11.9 Å². The summed E-state index contributed by atoms with van der Waals surface area (Å²) in [6.45, 7) is 0. The van der Waals surface area contributed by atoms with E-state index in [4.69, 9.17) is 10.7 Å². The van der Waals surface area contributed by atoms with Crippen LogP contribution < -0.4 is 20.9 Å². The number of hydrogen-bond acceptors (Lipinski definition) is 6. The molecule has 0 saturated carbocycles. The Hall–Kier alpha value is -4.13. The maximum atomic E-state index is 13.3. The highest BCUT2D eigenvalue weighted by atomic mass is 16.2. The number of anilines is 3. The van der Waals surface area contributed by atoms with Crippen molar-refractivity contribution in [1.82, 2.24) is 5.32 Å². The standard InChI is InChI=1S/C23H20N6O/c1-28-19-15-9-8-14-18(19)23(20(28)30)26-21(24)25-22(27-23)29(16-10-4-2-5-11-16)17-12-6-3-7-13-17/h2-15H,1H3,(H3,24,25,26,27)/t23-/m0/s1. The predicted molar refractivity (Wildman–Crippen MR) is 119 cm³/mol. The molecule has 148 valence electrons. The fourth-order valence-corrected chi connectivity index (χ4v) is 3.91. The van der Waals surface area contributed by atoms with Crippen LogP contribution in [0.15, 0.2) is 94.9 Å². The molecule has 3 N–H and O–H groups in total. The lowest BCUT2D eigenvalue weighted by atomic mass is 10.0. The largest absolute Gasteiger partial charge is 0.370 e. The van der Waals surface area contributed by atoms with Crippen LogP contribution in [0.2, 0.25) is 0 Å². The van der Waals surface area contributed by atoms with Gasteiger partial charge in [-0.2, -0.15) is 0 Å². The minimum absolute atomic E-state index is 0.135. The van der Waals surface area contributed by atoms with Crippen molar-refractivity contribution in [2.75, 3.05) is 16.8 Å². The van der Waals surface area contributed by atoms with E-state index in [1.54, 1.807) is 11.9 Å². The lowest BCUT2D eigenvalue weighted by Crippen LogP contribution is -2.53. The summed E-state index contributed by atoms with van der Waals surface area (Å²) in [7, 11) is 1.73. The molecule has 7 nitrogen and oxygen atoms in total. The molecule has 7 heteroatoms. The van der Waals surface area contributed by atoms with Crippen molar-refractivity contribution in [3.63, 3.8) is 0 Å².